The number of ketones is 1. The highest BCUT2D eigenvalue weighted by Gasteiger charge is 2.50. The van der Waals surface area contributed by atoms with Gasteiger partial charge >= 0.3 is 0 Å². The van der Waals surface area contributed by atoms with Crippen LogP contribution in [0.2, 0.25) is 0 Å². The van der Waals surface area contributed by atoms with E-state index >= 15 is 0 Å². The lowest BCUT2D eigenvalue weighted by Crippen LogP contribution is -2.41. The second-order valence-electron chi connectivity index (χ2n) is 8.03. The maximum atomic E-state index is 13.3. The number of hydrogen-bond acceptors (Lipinski definition) is 3. The first-order valence-corrected chi connectivity index (χ1v) is 10.6. The molecule has 0 saturated carbocycles. The number of fused-ring (bicyclic) bond motifs is 1. The van der Waals surface area contributed by atoms with Gasteiger partial charge in [-0.1, -0.05) is 96.6 Å². The zero-order valence-corrected chi connectivity index (χ0v) is 17.9. The number of nitrogens with zero attached hydrogens (tertiary/aromatic N) is 1. The molecule has 4 rings (SSSR count). The Labute approximate surface area is 188 Å². The van der Waals surface area contributed by atoms with E-state index in [9.17, 15) is 14.7 Å². The van der Waals surface area contributed by atoms with Crippen LogP contribution in [0.5, 0.6) is 0 Å². The predicted octanol–water partition coefficient (Wildman–Crippen LogP) is 4.96. The lowest BCUT2D eigenvalue weighted by molar-refractivity contribution is -0.140. The molecule has 1 atom stereocenters. The molecule has 1 aliphatic heterocycles. The summed E-state index contributed by atoms with van der Waals surface area (Å²) >= 11 is 0. The number of carbonyl (C=O) groups is 2. The molecule has 4 heteroatoms. The summed E-state index contributed by atoms with van der Waals surface area (Å²) in [6.45, 7) is 2.34. The average Bonchev–Trinajstić information content (AvgIpc) is 3.01. The molecule has 0 bridgehead atoms. The number of aliphatic hydroxyl groups is 1. The van der Waals surface area contributed by atoms with Crippen molar-refractivity contribution in [2.75, 3.05) is 4.90 Å². The maximum absolute atomic E-state index is 13.3. The van der Waals surface area contributed by atoms with E-state index < -0.39 is 11.5 Å². The number of benzene rings is 3. The molecule has 32 heavy (non-hydrogen) atoms. The monoisotopic (exact) mass is 423 g/mol. The lowest BCUT2D eigenvalue weighted by Gasteiger charge is -2.22. The number of amides is 1. The largest absolute Gasteiger partial charge is 0.375 e. The van der Waals surface area contributed by atoms with Crippen LogP contribution in [0.3, 0.4) is 0 Å². The molecule has 3 aromatic rings. The standard InChI is InChI=1S/C28H25NO3/c1-21-15-17-23(18-16-21)20-29-26-14-8-7-13-25(26)28(32,27(29)31)19-24(30)12-6-5-11-22-9-3-2-4-10-22/h2-18,32H,19-20H2,1H3/b11-5-,12-6+/t28-/m1/s1. The number of carbonyl (C=O) groups excluding carboxylic acids is 2. The Morgan fingerprint density at radius 2 is 1.62 bits per heavy atom. The van der Waals surface area contributed by atoms with Crippen molar-refractivity contribution in [3.63, 3.8) is 0 Å². The molecule has 0 saturated heterocycles. The summed E-state index contributed by atoms with van der Waals surface area (Å²) < 4.78 is 0. The number of aryl methyl sites for hydroxylation is 1. The van der Waals surface area contributed by atoms with E-state index in [1.54, 1.807) is 29.2 Å². The van der Waals surface area contributed by atoms with E-state index in [1.165, 1.54) is 6.08 Å². The highest BCUT2D eigenvalue weighted by atomic mass is 16.3. The van der Waals surface area contributed by atoms with Crippen LogP contribution in [-0.4, -0.2) is 16.8 Å². The van der Waals surface area contributed by atoms with Crippen LogP contribution in [0.25, 0.3) is 6.08 Å². The van der Waals surface area contributed by atoms with E-state index in [0.717, 1.165) is 16.7 Å². The first kappa shape index (κ1) is 21.5. The van der Waals surface area contributed by atoms with Crippen molar-refractivity contribution in [3.05, 3.63) is 119 Å². The zero-order valence-electron chi connectivity index (χ0n) is 17.9. The van der Waals surface area contributed by atoms with Crippen molar-refractivity contribution in [1.82, 2.24) is 0 Å². The number of allylic oxidation sites excluding steroid dienone is 3. The molecular weight excluding hydrogens is 398 g/mol. The molecule has 160 valence electrons. The third-order valence-electron chi connectivity index (χ3n) is 5.61. The Bertz CT molecular complexity index is 1180. The summed E-state index contributed by atoms with van der Waals surface area (Å²) in [5.74, 6) is -0.786. The second-order valence-corrected chi connectivity index (χ2v) is 8.03. The van der Waals surface area contributed by atoms with Gasteiger partial charge in [-0.3, -0.25) is 9.59 Å². The fourth-order valence-electron chi connectivity index (χ4n) is 3.92. The van der Waals surface area contributed by atoms with Crippen LogP contribution in [0.4, 0.5) is 5.69 Å². The molecule has 1 aliphatic rings. The third-order valence-corrected chi connectivity index (χ3v) is 5.61. The van der Waals surface area contributed by atoms with Gasteiger partial charge in [0.05, 0.1) is 18.7 Å². The number of hydrogen-bond donors (Lipinski definition) is 1. The Kier molecular flexibility index (Phi) is 6.15. The van der Waals surface area contributed by atoms with Gasteiger partial charge in [0.25, 0.3) is 5.91 Å². The molecule has 0 radical (unpaired) electrons. The normalized spacial score (nSPS) is 17.9. The SMILES string of the molecule is Cc1ccc(CN2C(=O)[C@@](O)(CC(=O)/C=C/C=C\c3ccccc3)c3ccccc32)cc1. The van der Waals surface area contributed by atoms with Gasteiger partial charge in [-0.15, -0.1) is 0 Å². The van der Waals surface area contributed by atoms with Gasteiger partial charge in [-0.25, -0.2) is 0 Å². The van der Waals surface area contributed by atoms with E-state index in [0.29, 0.717) is 17.8 Å². The van der Waals surface area contributed by atoms with Crippen LogP contribution in [0, 0.1) is 6.92 Å². The Morgan fingerprint density at radius 3 is 2.38 bits per heavy atom. The van der Waals surface area contributed by atoms with Crippen molar-refractivity contribution in [1.29, 1.82) is 0 Å². The molecule has 0 aromatic heterocycles. The summed E-state index contributed by atoms with van der Waals surface area (Å²) in [4.78, 5) is 27.5. The first-order chi connectivity index (χ1) is 15.5. The van der Waals surface area contributed by atoms with Crippen molar-refractivity contribution in [2.24, 2.45) is 0 Å². The summed E-state index contributed by atoms with van der Waals surface area (Å²) in [6.07, 6.45) is 6.39. The molecule has 0 unspecified atom stereocenters. The van der Waals surface area contributed by atoms with Gasteiger partial charge in [0, 0.05) is 5.56 Å². The average molecular weight is 424 g/mol. The predicted molar refractivity (Wildman–Crippen MR) is 127 cm³/mol. The topological polar surface area (TPSA) is 57.6 Å². The first-order valence-electron chi connectivity index (χ1n) is 10.6. The molecule has 0 fully saturated rings. The summed E-state index contributed by atoms with van der Waals surface area (Å²) in [7, 11) is 0. The van der Waals surface area contributed by atoms with Gasteiger partial charge in [-0.2, -0.15) is 0 Å². The fourth-order valence-corrected chi connectivity index (χ4v) is 3.92. The highest BCUT2D eigenvalue weighted by Crippen LogP contribution is 2.43. The molecule has 0 spiro atoms. The molecule has 3 aromatic carbocycles. The van der Waals surface area contributed by atoms with Crippen molar-refractivity contribution in [3.8, 4) is 0 Å². The van der Waals surface area contributed by atoms with E-state index in [4.69, 9.17) is 0 Å². The minimum Gasteiger partial charge on any atom is -0.375 e. The van der Waals surface area contributed by atoms with Crippen LogP contribution in [-0.2, 0) is 21.7 Å². The van der Waals surface area contributed by atoms with Gasteiger partial charge in [0.2, 0.25) is 0 Å². The maximum Gasteiger partial charge on any atom is 0.264 e. The molecule has 1 amide bonds. The minimum absolute atomic E-state index is 0.303. The van der Waals surface area contributed by atoms with Crippen LogP contribution < -0.4 is 4.90 Å². The molecule has 1 N–H and O–H groups in total. The third kappa shape index (κ3) is 4.46. The van der Waals surface area contributed by atoms with Crippen molar-refractivity contribution >= 4 is 23.5 Å². The lowest BCUT2D eigenvalue weighted by atomic mass is 9.90. The van der Waals surface area contributed by atoms with Gasteiger partial charge in [0.15, 0.2) is 11.4 Å². The Balaban J connectivity index is 1.52. The number of anilines is 1. The van der Waals surface area contributed by atoms with Crippen LogP contribution >= 0.6 is 0 Å². The Morgan fingerprint density at radius 1 is 0.938 bits per heavy atom. The zero-order chi connectivity index (χ0) is 22.6. The van der Waals surface area contributed by atoms with E-state index in [-0.39, 0.29) is 12.2 Å². The summed E-state index contributed by atoms with van der Waals surface area (Å²) in [6, 6.07) is 24.8. The van der Waals surface area contributed by atoms with Gasteiger partial charge < -0.3 is 10.0 Å². The van der Waals surface area contributed by atoms with Crippen LogP contribution in [0.1, 0.15) is 28.7 Å². The highest BCUT2D eigenvalue weighted by molar-refractivity contribution is 6.09. The summed E-state index contributed by atoms with van der Waals surface area (Å²) in [5.41, 5.74) is 2.36. The van der Waals surface area contributed by atoms with Crippen molar-refractivity contribution in [2.45, 2.75) is 25.5 Å². The molecular formula is C28H25NO3. The fraction of sp³-hybridized carbons (Fsp3) is 0.143. The van der Waals surface area contributed by atoms with Crippen molar-refractivity contribution < 1.29 is 14.7 Å². The van der Waals surface area contributed by atoms with E-state index in [2.05, 4.69) is 0 Å². The van der Waals surface area contributed by atoms with Crippen LogP contribution in [0.15, 0.2) is 97.1 Å². The smallest absolute Gasteiger partial charge is 0.264 e. The van der Waals surface area contributed by atoms with E-state index in [1.807, 2.05) is 79.7 Å². The molecule has 1 heterocycles. The molecule has 0 aliphatic carbocycles. The van der Waals surface area contributed by atoms with Gasteiger partial charge in [0.1, 0.15) is 0 Å². The summed E-state index contributed by atoms with van der Waals surface area (Å²) in [5, 5.41) is 11.3. The van der Waals surface area contributed by atoms with Gasteiger partial charge in [-0.05, 0) is 30.2 Å². The Hall–Kier alpha value is -3.76. The quantitative estimate of drug-likeness (QED) is 0.432. The minimum atomic E-state index is -1.87. The molecule has 4 nitrogen and oxygen atoms in total. The second kappa shape index (κ2) is 9.16. The number of rotatable bonds is 7. The number of para-hydroxylation sites is 1.